The average Bonchev–Trinajstić information content (AvgIpc) is 2.76. The molecule has 2 aromatic rings. The molecule has 1 aliphatic rings. The van der Waals surface area contributed by atoms with Gasteiger partial charge in [-0.3, -0.25) is 0 Å². The Bertz CT molecular complexity index is 668. The van der Waals surface area contributed by atoms with Gasteiger partial charge in [-0.15, -0.1) is 5.10 Å². The summed E-state index contributed by atoms with van der Waals surface area (Å²) in [5.41, 5.74) is 9.16. The Labute approximate surface area is 118 Å². The van der Waals surface area contributed by atoms with Crippen molar-refractivity contribution in [1.29, 1.82) is 0 Å². The number of nitrogens with two attached hydrogens (primary N) is 1. The minimum absolute atomic E-state index is 0.709. The Morgan fingerprint density at radius 2 is 2.30 bits per heavy atom. The van der Waals surface area contributed by atoms with E-state index in [1.165, 1.54) is 5.57 Å². The largest absolute Gasteiger partial charge is 0.394 e. The molecular weight excluding hydrogens is 250 g/mol. The number of aromatic nitrogens is 2. The van der Waals surface area contributed by atoms with E-state index in [1.54, 1.807) is 4.52 Å². The molecule has 1 aliphatic heterocycles. The Morgan fingerprint density at radius 1 is 1.40 bits per heavy atom. The van der Waals surface area contributed by atoms with Crippen LogP contribution in [0, 0.1) is 0 Å². The second-order valence-corrected chi connectivity index (χ2v) is 5.05. The molecule has 3 rings (SSSR count). The number of likely N-dealkylation sites (N-methyl/N-ethyl adjacent to an activating group) is 1. The molecule has 0 bridgehead atoms. The molecule has 0 saturated heterocycles. The highest BCUT2D eigenvalue weighted by Gasteiger charge is 2.09. The van der Waals surface area contributed by atoms with Crippen LogP contribution in [0.4, 0.5) is 11.5 Å². The molecule has 0 unspecified atom stereocenters. The third-order valence-corrected chi connectivity index (χ3v) is 3.44. The molecule has 3 heterocycles. The molecule has 2 aromatic heterocycles. The van der Waals surface area contributed by atoms with Crippen molar-refractivity contribution in [3.63, 3.8) is 0 Å². The van der Waals surface area contributed by atoms with Crippen molar-refractivity contribution in [3.05, 3.63) is 48.3 Å². The van der Waals surface area contributed by atoms with Gasteiger partial charge in [0, 0.05) is 26.3 Å². The molecule has 3 N–H and O–H groups in total. The van der Waals surface area contributed by atoms with Gasteiger partial charge in [0.1, 0.15) is 5.69 Å². The number of fused-ring (bicyclic) bond motifs is 1. The number of anilines is 2. The van der Waals surface area contributed by atoms with E-state index in [0.29, 0.717) is 5.69 Å². The van der Waals surface area contributed by atoms with Gasteiger partial charge in [0.2, 0.25) is 0 Å². The zero-order valence-corrected chi connectivity index (χ0v) is 11.6. The van der Waals surface area contributed by atoms with Crippen molar-refractivity contribution in [2.75, 3.05) is 31.2 Å². The maximum Gasteiger partial charge on any atom is 0.172 e. The normalized spacial score (nSPS) is 14.7. The quantitative estimate of drug-likeness (QED) is 0.892. The van der Waals surface area contributed by atoms with Gasteiger partial charge in [0.25, 0.3) is 0 Å². The van der Waals surface area contributed by atoms with E-state index in [4.69, 9.17) is 5.73 Å². The molecule has 0 spiro atoms. The molecule has 104 valence electrons. The molecule has 0 aliphatic carbocycles. The molecule has 0 atom stereocenters. The van der Waals surface area contributed by atoms with E-state index in [9.17, 15) is 0 Å². The van der Waals surface area contributed by atoms with Crippen LogP contribution in [-0.2, 0) is 0 Å². The molecule has 5 nitrogen and oxygen atoms in total. The van der Waals surface area contributed by atoms with E-state index in [0.717, 1.165) is 30.8 Å². The van der Waals surface area contributed by atoms with Crippen molar-refractivity contribution in [3.8, 4) is 0 Å². The van der Waals surface area contributed by atoms with Gasteiger partial charge in [-0.25, -0.2) is 4.52 Å². The van der Waals surface area contributed by atoms with E-state index in [1.807, 2.05) is 24.4 Å². The summed E-state index contributed by atoms with van der Waals surface area (Å²) in [6.45, 7) is 1.82. The molecule has 20 heavy (non-hydrogen) atoms. The minimum Gasteiger partial charge on any atom is -0.394 e. The number of hydrogen-bond acceptors (Lipinski definition) is 4. The van der Waals surface area contributed by atoms with Crippen LogP contribution in [0.2, 0.25) is 0 Å². The van der Waals surface area contributed by atoms with Gasteiger partial charge in [-0.1, -0.05) is 12.1 Å². The van der Waals surface area contributed by atoms with Crippen LogP contribution in [0.15, 0.2) is 48.3 Å². The summed E-state index contributed by atoms with van der Waals surface area (Å²) < 4.78 is 1.80. The standard InChI is InChI=1S/C15H19N5/c1-19-9-4-5-12(11-19)7-8-17-15-14(16)13-6-2-3-10-20(13)18-15/h2-6,9-10H,7-8,11,16H2,1H3,(H,17,18). The van der Waals surface area contributed by atoms with E-state index < -0.39 is 0 Å². The van der Waals surface area contributed by atoms with Gasteiger partial charge in [-0.05, 0) is 36.4 Å². The number of nitrogens with one attached hydrogen (secondary N) is 1. The fraction of sp³-hybridized carbons (Fsp3) is 0.267. The summed E-state index contributed by atoms with van der Waals surface area (Å²) >= 11 is 0. The number of nitrogen functional groups attached to an aromatic ring is 1. The minimum atomic E-state index is 0.709. The SMILES string of the molecule is CN1C=CC=C(CCNc2nn3ccccc3c2N)C1. The number of nitrogens with zero attached hydrogens (tertiary/aromatic N) is 3. The van der Waals surface area contributed by atoms with E-state index in [-0.39, 0.29) is 0 Å². The van der Waals surface area contributed by atoms with Gasteiger partial charge >= 0.3 is 0 Å². The van der Waals surface area contributed by atoms with Gasteiger partial charge < -0.3 is 16.0 Å². The van der Waals surface area contributed by atoms with E-state index >= 15 is 0 Å². The van der Waals surface area contributed by atoms with Gasteiger partial charge in [0.15, 0.2) is 5.82 Å². The Kier molecular flexibility index (Phi) is 3.33. The zero-order valence-electron chi connectivity index (χ0n) is 11.6. The van der Waals surface area contributed by atoms with Crippen molar-refractivity contribution >= 4 is 17.0 Å². The third-order valence-electron chi connectivity index (χ3n) is 3.44. The van der Waals surface area contributed by atoms with Crippen LogP contribution in [0.5, 0.6) is 0 Å². The summed E-state index contributed by atoms with van der Waals surface area (Å²) in [7, 11) is 2.08. The smallest absolute Gasteiger partial charge is 0.172 e. The lowest BCUT2D eigenvalue weighted by Gasteiger charge is -2.19. The number of rotatable bonds is 4. The van der Waals surface area contributed by atoms with Crippen molar-refractivity contribution in [2.45, 2.75) is 6.42 Å². The summed E-state index contributed by atoms with van der Waals surface area (Å²) in [5.74, 6) is 0.761. The van der Waals surface area contributed by atoms with Crippen LogP contribution in [0.1, 0.15) is 6.42 Å². The third kappa shape index (κ3) is 2.47. The lowest BCUT2D eigenvalue weighted by atomic mass is 10.1. The first-order chi connectivity index (χ1) is 9.74. The highest BCUT2D eigenvalue weighted by atomic mass is 15.3. The summed E-state index contributed by atoms with van der Waals surface area (Å²) in [6, 6.07) is 5.88. The van der Waals surface area contributed by atoms with Crippen LogP contribution in [0.3, 0.4) is 0 Å². The van der Waals surface area contributed by atoms with Crippen LogP contribution in [0.25, 0.3) is 5.52 Å². The van der Waals surface area contributed by atoms with Crippen LogP contribution < -0.4 is 11.1 Å². The second-order valence-electron chi connectivity index (χ2n) is 5.05. The maximum absolute atomic E-state index is 6.10. The number of allylic oxidation sites excluding steroid dienone is 2. The monoisotopic (exact) mass is 269 g/mol. The number of pyridine rings is 1. The predicted molar refractivity (Wildman–Crippen MR) is 82.6 cm³/mol. The Hall–Kier alpha value is -2.43. The lowest BCUT2D eigenvalue weighted by Crippen LogP contribution is -2.18. The van der Waals surface area contributed by atoms with Crippen molar-refractivity contribution in [2.24, 2.45) is 0 Å². The first-order valence-corrected chi connectivity index (χ1v) is 6.77. The molecule has 5 heteroatoms. The molecule has 0 aromatic carbocycles. The molecule has 0 amide bonds. The second kappa shape index (κ2) is 5.28. The van der Waals surface area contributed by atoms with Crippen molar-refractivity contribution < 1.29 is 0 Å². The zero-order chi connectivity index (χ0) is 13.9. The highest BCUT2D eigenvalue weighted by Crippen LogP contribution is 2.22. The summed E-state index contributed by atoms with van der Waals surface area (Å²) in [6.07, 6.45) is 9.23. The fourth-order valence-corrected chi connectivity index (χ4v) is 2.40. The molecule has 0 radical (unpaired) electrons. The Morgan fingerprint density at radius 3 is 3.10 bits per heavy atom. The van der Waals surface area contributed by atoms with E-state index in [2.05, 4.69) is 40.7 Å². The first kappa shape index (κ1) is 12.6. The topological polar surface area (TPSA) is 58.6 Å². The maximum atomic E-state index is 6.10. The van der Waals surface area contributed by atoms with Gasteiger partial charge in [-0.2, -0.15) is 0 Å². The van der Waals surface area contributed by atoms with Gasteiger partial charge in [0.05, 0.1) is 5.52 Å². The summed E-state index contributed by atoms with van der Waals surface area (Å²) in [4.78, 5) is 2.18. The average molecular weight is 269 g/mol. The lowest BCUT2D eigenvalue weighted by molar-refractivity contribution is 0.484. The molecule has 0 fully saturated rings. The van der Waals surface area contributed by atoms with Crippen molar-refractivity contribution in [1.82, 2.24) is 14.5 Å². The predicted octanol–water partition coefficient (Wildman–Crippen LogP) is 2.10. The number of hydrogen-bond donors (Lipinski definition) is 2. The first-order valence-electron chi connectivity index (χ1n) is 6.77. The Balaban J connectivity index is 1.64. The molecular formula is C15H19N5. The fourth-order valence-electron chi connectivity index (χ4n) is 2.40. The summed E-state index contributed by atoms with van der Waals surface area (Å²) in [5, 5.41) is 7.77. The molecule has 0 saturated carbocycles. The van der Waals surface area contributed by atoms with Crippen LogP contribution >= 0.6 is 0 Å². The highest BCUT2D eigenvalue weighted by molar-refractivity contribution is 5.80. The van der Waals surface area contributed by atoms with Crippen LogP contribution in [-0.4, -0.2) is 34.7 Å².